The maximum atomic E-state index is 11.1. The summed E-state index contributed by atoms with van der Waals surface area (Å²) in [6, 6.07) is 0. The fourth-order valence-electron chi connectivity index (χ4n) is 3.25. The highest BCUT2D eigenvalue weighted by Crippen LogP contribution is 2.66. The molecule has 2 nitrogen and oxygen atoms in total. The van der Waals surface area contributed by atoms with E-state index in [1.807, 2.05) is 0 Å². The maximum absolute atomic E-state index is 11.1. The van der Waals surface area contributed by atoms with E-state index in [1.54, 1.807) is 0 Å². The van der Waals surface area contributed by atoms with Crippen molar-refractivity contribution in [3.05, 3.63) is 23.3 Å². The molecular formula is C18H30O2. The van der Waals surface area contributed by atoms with E-state index in [0.29, 0.717) is 5.92 Å². The highest BCUT2D eigenvalue weighted by atomic mass is 16.8. The predicted molar refractivity (Wildman–Crippen MR) is 83.3 cm³/mol. The molecule has 0 saturated carbocycles. The van der Waals surface area contributed by atoms with Crippen LogP contribution in [0.15, 0.2) is 23.3 Å². The Morgan fingerprint density at radius 3 is 2.15 bits per heavy atom. The summed E-state index contributed by atoms with van der Waals surface area (Å²) in [5.74, 6) is -0.638. The van der Waals surface area contributed by atoms with Crippen LogP contribution in [0.2, 0.25) is 0 Å². The molecule has 0 aromatic carbocycles. The molecule has 2 rings (SSSR count). The van der Waals surface area contributed by atoms with Gasteiger partial charge in [0.2, 0.25) is 5.79 Å². The third-order valence-corrected chi connectivity index (χ3v) is 4.92. The van der Waals surface area contributed by atoms with Gasteiger partial charge in [0.05, 0.1) is 0 Å². The molecule has 0 radical (unpaired) electrons. The number of hydrogen-bond donors (Lipinski definition) is 1. The number of epoxide rings is 1. The molecule has 3 atom stereocenters. The van der Waals surface area contributed by atoms with Crippen LogP contribution in [0.1, 0.15) is 61.8 Å². The van der Waals surface area contributed by atoms with Crippen molar-refractivity contribution in [3.8, 4) is 0 Å². The van der Waals surface area contributed by atoms with Gasteiger partial charge in [0.1, 0.15) is 0 Å². The van der Waals surface area contributed by atoms with Crippen molar-refractivity contribution in [2.45, 2.75) is 73.2 Å². The second kappa shape index (κ2) is 4.20. The molecule has 2 heteroatoms. The summed E-state index contributed by atoms with van der Waals surface area (Å²) in [6.45, 7) is 17.3. The maximum Gasteiger partial charge on any atom is 0.224 e. The highest BCUT2D eigenvalue weighted by molar-refractivity contribution is 5.50. The number of hydrogen-bond acceptors (Lipinski definition) is 2. The molecule has 1 fully saturated rings. The minimum atomic E-state index is -1.12. The van der Waals surface area contributed by atoms with Crippen molar-refractivity contribution in [2.24, 2.45) is 16.7 Å². The van der Waals surface area contributed by atoms with Crippen LogP contribution in [0.5, 0.6) is 0 Å². The monoisotopic (exact) mass is 278 g/mol. The van der Waals surface area contributed by atoms with E-state index < -0.39 is 11.4 Å². The van der Waals surface area contributed by atoms with Gasteiger partial charge in [0.15, 0.2) is 5.60 Å². The van der Waals surface area contributed by atoms with Crippen LogP contribution in [0.3, 0.4) is 0 Å². The lowest BCUT2D eigenvalue weighted by Crippen LogP contribution is -2.42. The smallest absolute Gasteiger partial charge is 0.224 e. The van der Waals surface area contributed by atoms with Crippen molar-refractivity contribution in [2.75, 3.05) is 0 Å². The first-order valence-electron chi connectivity index (χ1n) is 7.77. The Balaban J connectivity index is 2.57. The van der Waals surface area contributed by atoms with Crippen LogP contribution in [-0.2, 0) is 4.74 Å². The molecule has 0 bridgehead atoms. The Labute approximate surface area is 123 Å². The first-order valence-corrected chi connectivity index (χ1v) is 7.77. The van der Waals surface area contributed by atoms with Crippen molar-refractivity contribution < 1.29 is 9.84 Å². The minimum Gasteiger partial charge on any atom is -0.359 e. The third kappa shape index (κ3) is 2.00. The Bertz CT molecular complexity index is 473. The molecule has 1 aliphatic heterocycles. The normalized spacial score (nSPS) is 35.0. The zero-order valence-corrected chi connectivity index (χ0v) is 14.3. The van der Waals surface area contributed by atoms with Crippen LogP contribution in [-0.4, -0.2) is 16.5 Å². The summed E-state index contributed by atoms with van der Waals surface area (Å²) in [5.41, 5.74) is 1.50. The highest BCUT2D eigenvalue weighted by Gasteiger charge is 2.77. The number of fused-ring (bicyclic) bond motifs is 1. The lowest BCUT2D eigenvalue weighted by molar-refractivity contribution is 0.0537. The van der Waals surface area contributed by atoms with Gasteiger partial charge in [-0.25, -0.2) is 0 Å². The molecule has 0 amide bonds. The SMILES string of the molecule is CCC(C)C1=CC2(C(C)(C)C)OC2(O)C(C(C)(C)C)=C1. The Morgan fingerprint density at radius 1 is 1.20 bits per heavy atom. The van der Waals surface area contributed by atoms with Crippen LogP contribution >= 0.6 is 0 Å². The quantitative estimate of drug-likeness (QED) is 0.757. The van der Waals surface area contributed by atoms with Gasteiger partial charge in [0.25, 0.3) is 0 Å². The molecule has 20 heavy (non-hydrogen) atoms. The first-order chi connectivity index (χ1) is 8.89. The number of aliphatic hydroxyl groups is 1. The van der Waals surface area contributed by atoms with Crippen molar-refractivity contribution in [1.29, 1.82) is 0 Å². The summed E-state index contributed by atoms with van der Waals surface area (Å²) >= 11 is 0. The van der Waals surface area contributed by atoms with E-state index in [-0.39, 0.29) is 10.8 Å². The summed E-state index contributed by atoms with van der Waals surface area (Å²) in [7, 11) is 0. The number of allylic oxidation sites excluding steroid dienone is 2. The van der Waals surface area contributed by atoms with Crippen LogP contribution in [0.25, 0.3) is 0 Å². The zero-order valence-electron chi connectivity index (χ0n) is 14.3. The van der Waals surface area contributed by atoms with Gasteiger partial charge in [-0.1, -0.05) is 61.5 Å². The van der Waals surface area contributed by atoms with Gasteiger partial charge in [-0.15, -0.1) is 0 Å². The molecule has 1 heterocycles. The molecule has 1 aliphatic carbocycles. The van der Waals surface area contributed by atoms with E-state index >= 15 is 0 Å². The van der Waals surface area contributed by atoms with E-state index in [9.17, 15) is 5.11 Å². The number of ether oxygens (including phenoxy) is 1. The molecule has 0 aromatic rings. The van der Waals surface area contributed by atoms with Crippen molar-refractivity contribution >= 4 is 0 Å². The second-order valence-corrected chi connectivity index (χ2v) is 8.49. The predicted octanol–water partition coefficient (Wildman–Crippen LogP) is 4.45. The summed E-state index contributed by atoms with van der Waals surface area (Å²) < 4.78 is 5.99. The molecule has 3 unspecified atom stereocenters. The van der Waals surface area contributed by atoms with E-state index in [2.05, 4.69) is 67.5 Å². The summed E-state index contributed by atoms with van der Waals surface area (Å²) in [5, 5.41) is 11.1. The zero-order chi connectivity index (χ0) is 15.6. The van der Waals surface area contributed by atoms with Crippen molar-refractivity contribution in [1.82, 2.24) is 0 Å². The lowest BCUT2D eigenvalue weighted by Gasteiger charge is -2.36. The standard InChI is InChI=1S/C18H30O2/c1-9-12(2)13-10-14(15(3,4)5)18(19)17(11-13,20-18)16(6,7)8/h10-12,19H,9H2,1-8H3. The van der Waals surface area contributed by atoms with E-state index in [1.165, 1.54) is 5.57 Å². The van der Waals surface area contributed by atoms with Gasteiger partial charge < -0.3 is 9.84 Å². The van der Waals surface area contributed by atoms with E-state index in [0.717, 1.165) is 12.0 Å². The molecule has 0 aromatic heterocycles. The third-order valence-electron chi connectivity index (χ3n) is 4.92. The van der Waals surface area contributed by atoms with Crippen LogP contribution in [0.4, 0.5) is 0 Å². The lowest BCUT2D eigenvalue weighted by atomic mass is 9.66. The van der Waals surface area contributed by atoms with Gasteiger partial charge >= 0.3 is 0 Å². The van der Waals surface area contributed by atoms with Crippen molar-refractivity contribution in [3.63, 3.8) is 0 Å². The topological polar surface area (TPSA) is 32.8 Å². The molecule has 1 saturated heterocycles. The van der Waals surface area contributed by atoms with Gasteiger partial charge in [0, 0.05) is 5.41 Å². The fourth-order valence-corrected chi connectivity index (χ4v) is 3.25. The Morgan fingerprint density at radius 2 is 1.75 bits per heavy atom. The van der Waals surface area contributed by atoms with Gasteiger partial charge in [-0.2, -0.15) is 0 Å². The van der Waals surface area contributed by atoms with Crippen LogP contribution < -0.4 is 0 Å². The molecule has 2 aliphatic rings. The van der Waals surface area contributed by atoms with E-state index in [4.69, 9.17) is 4.74 Å². The van der Waals surface area contributed by atoms with Gasteiger partial charge in [-0.05, 0) is 35.0 Å². The Kier molecular flexibility index (Phi) is 3.32. The summed E-state index contributed by atoms with van der Waals surface area (Å²) in [4.78, 5) is 0. The molecule has 114 valence electrons. The van der Waals surface area contributed by atoms with Gasteiger partial charge in [-0.3, -0.25) is 0 Å². The average Bonchev–Trinajstić information content (AvgIpc) is 2.92. The molecular weight excluding hydrogens is 248 g/mol. The average molecular weight is 278 g/mol. The first kappa shape index (κ1) is 15.8. The fraction of sp³-hybridized carbons (Fsp3) is 0.778. The molecule has 0 spiro atoms. The number of rotatable bonds is 2. The minimum absolute atomic E-state index is 0.102. The summed E-state index contributed by atoms with van der Waals surface area (Å²) in [6.07, 6.45) is 5.44. The van der Waals surface area contributed by atoms with Crippen LogP contribution in [0, 0.1) is 16.7 Å². The largest absolute Gasteiger partial charge is 0.359 e. The Hall–Kier alpha value is -0.600. The second-order valence-electron chi connectivity index (χ2n) is 8.49. The molecule has 1 N–H and O–H groups in total.